The van der Waals surface area contributed by atoms with Gasteiger partial charge in [-0.25, -0.2) is 0 Å². The van der Waals surface area contributed by atoms with Crippen LogP contribution in [0.25, 0.3) is 11.3 Å². The molecule has 2 saturated heterocycles. The molecular weight excluding hydrogens is 340 g/mol. The molecule has 0 spiro atoms. The Morgan fingerprint density at radius 3 is 2.63 bits per heavy atom. The Bertz CT molecular complexity index is 732. The molecule has 2 fully saturated rings. The third-order valence-corrected chi connectivity index (χ3v) is 5.84. The van der Waals surface area contributed by atoms with E-state index in [0.717, 1.165) is 68.8 Å². The van der Waals surface area contributed by atoms with Gasteiger partial charge in [0.25, 0.3) is 0 Å². The number of likely N-dealkylation sites (tertiary alicyclic amines) is 1. The second-order valence-electron chi connectivity index (χ2n) is 7.51. The SMILES string of the molecule is O=C(NCc1cn[nH]c1-c1ccccc1)C1CCN(C2CCOCC2)CC1. The number of nitrogens with one attached hydrogen (secondary N) is 2. The summed E-state index contributed by atoms with van der Waals surface area (Å²) >= 11 is 0. The van der Waals surface area contributed by atoms with E-state index in [-0.39, 0.29) is 11.8 Å². The highest BCUT2D eigenvalue weighted by molar-refractivity contribution is 5.79. The van der Waals surface area contributed by atoms with Crippen molar-refractivity contribution in [2.24, 2.45) is 5.92 Å². The summed E-state index contributed by atoms with van der Waals surface area (Å²) < 4.78 is 5.46. The maximum Gasteiger partial charge on any atom is 0.223 e. The first-order chi connectivity index (χ1) is 13.3. The van der Waals surface area contributed by atoms with Gasteiger partial charge in [-0.3, -0.25) is 9.89 Å². The Balaban J connectivity index is 1.28. The van der Waals surface area contributed by atoms with Crippen LogP contribution in [0.1, 0.15) is 31.2 Å². The first-order valence-electron chi connectivity index (χ1n) is 9.98. The molecule has 2 aromatic rings. The maximum atomic E-state index is 12.6. The van der Waals surface area contributed by atoms with Crippen molar-refractivity contribution in [1.29, 1.82) is 0 Å². The van der Waals surface area contributed by atoms with Gasteiger partial charge in [0.1, 0.15) is 0 Å². The average Bonchev–Trinajstić information content (AvgIpc) is 3.22. The minimum atomic E-state index is 0.119. The topological polar surface area (TPSA) is 70.2 Å². The lowest BCUT2D eigenvalue weighted by Gasteiger charge is -2.38. The minimum Gasteiger partial charge on any atom is -0.381 e. The van der Waals surface area contributed by atoms with Crippen molar-refractivity contribution in [2.75, 3.05) is 26.3 Å². The molecule has 2 aliphatic heterocycles. The molecule has 0 radical (unpaired) electrons. The van der Waals surface area contributed by atoms with Crippen LogP contribution in [0.2, 0.25) is 0 Å². The van der Waals surface area contributed by atoms with Gasteiger partial charge < -0.3 is 15.0 Å². The van der Waals surface area contributed by atoms with Gasteiger partial charge in [-0.2, -0.15) is 5.10 Å². The number of rotatable bonds is 5. The number of hydrogen-bond acceptors (Lipinski definition) is 4. The van der Waals surface area contributed by atoms with Gasteiger partial charge in [0.05, 0.1) is 11.9 Å². The number of H-pyrrole nitrogens is 1. The number of aromatic nitrogens is 2. The van der Waals surface area contributed by atoms with Crippen molar-refractivity contribution < 1.29 is 9.53 Å². The molecule has 1 amide bonds. The van der Waals surface area contributed by atoms with Gasteiger partial charge in [0.15, 0.2) is 0 Å². The number of carbonyl (C=O) groups is 1. The van der Waals surface area contributed by atoms with Crippen molar-refractivity contribution in [3.63, 3.8) is 0 Å². The number of amides is 1. The van der Waals surface area contributed by atoms with Crippen LogP contribution in [0, 0.1) is 5.92 Å². The van der Waals surface area contributed by atoms with Gasteiger partial charge in [-0.1, -0.05) is 30.3 Å². The number of aromatic amines is 1. The van der Waals surface area contributed by atoms with E-state index in [9.17, 15) is 4.79 Å². The molecule has 6 nitrogen and oxygen atoms in total. The molecule has 3 heterocycles. The van der Waals surface area contributed by atoms with Gasteiger partial charge in [0, 0.05) is 37.3 Å². The average molecular weight is 368 g/mol. The van der Waals surface area contributed by atoms with Crippen molar-refractivity contribution in [1.82, 2.24) is 20.4 Å². The molecule has 1 aromatic heterocycles. The lowest BCUT2D eigenvalue weighted by atomic mass is 9.93. The Hall–Kier alpha value is -2.18. The second kappa shape index (κ2) is 8.67. The molecule has 0 unspecified atom stereocenters. The van der Waals surface area contributed by atoms with Gasteiger partial charge in [-0.05, 0) is 44.3 Å². The van der Waals surface area contributed by atoms with E-state index in [1.807, 2.05) is 30.3 Å². The first-order valence-corrected chi connectivity index (χ1v) is 9.98. The van der Waals surface area contributed by atoms with E-state index in [4.69, 9.17) is 4.74 Å². The van der Waals surface area contributed by atoms with Crippen LogP contribution in [-0.4, -0.2) is 53.3 Å². The third-order valence-electron chi connectivity index (χ3n) is 5.84. The maximum absolute atomic E-state index is 12.6. The van der Waals surface area contributed by atoms with E-state index >= 15 is 0 Å². The molecule has 144 valence electrons. The minimum absolute atomic E-state index is 0.119. The van der Waals surface area contributed by atoms with E-state index < -0.39 is 0 Å². The van der Waals surface area contributed by atoms with Gasteiger partial charge >= 0.3 is 0 Å². The van der Waals surface area contributed by atoms with Crippen molar-refractivity contribution in [3.05, 3.63) is 42.1 Å². The molecule has 0 aliphatic carbocycles. The summed E-state index contributed by atoms with van der Waals surface area (Å²) in [6, 6.07) is 10.7. The van der Waals surface area contributed by atoms with Gasteiger partial charge in [0.2, 0.25) is 5.91 Å². The summed E-state index contributed by atoms with van der Waals surface area (Å²) in [6.07, 6.45) is 5.94. The monoisotopic (exact) mass is 368 g/mol. The Kier molecular flexibility index (Phi) is 5.84. The Morgan fingerprint density at radius 1 is 1.15 bits per heavy atom. The summed E-state index contributed by atoms with van der Waals surface area (Å²) in [7, 11) is 0. The highest BCUT2D eigenvalue weighted by Crippen LogP contribution is 2.24. The summed E-state index contributed by atoms with van der Waals surface area (Å²) in [5, 5.41) is 10.3. The predicted octanol–water partition coefficient (Wildman–Crippen LogP) is 2.58. The highest BCUT2D eigenvalue weighted by atomic mass is 16.5. The summed E-state index contributed by atoms with van der Waals surface area (Å²) in [4.78, 5) is 15.2. The van der Waals surface area contributed by atoms with Crippen molar-refractivity contribution in [2.45, 2.75) is 38.3 Å². The largest absolute Gasteiger partial charge is 0.381 e. The molecule has 4 rings (SSSR count). The van der Waals surface area contributed by atoms with Crippen LogP contribution >= 0.6 is 0 Å². The summed E-state index contributed by atoms with van der Waals surface area (Å²) in [6.45, 7) is 4.30. The summed E-state index contributed by atoms with van der Waals surface area (Å²) in [5.41, 5.74) is 3.09. The van der Waals surface area contributed by atoms with Crippen LogP contribution in [-0.2, 0) is 16.1 Å². The highest BCUT2D eigenvalue weighted by Gasteiger charge is 2.29. The third kappa shape index (κ3) is 4.39. The zero-order valence-corrected chi connectivity index (χ0v) is 15.7. The first kappa shape index (κ1) is 18.2. The van der Waals surface area contributed by atoms with Crippen LogP contribution in [0.15, 0.2) is 36.5 Å². The quantitative estimate of drug-likeness (QED) is 0.851. The van der Waals surface area contributed by atoms with E-state index in [1.54, 1.807) is 6.20 Å². The lowest BCUT2D eigenvalue weighted by Crippen LogP contribution is -2.46. The fraction of sp³-hybridized carbons (Fsp3) is 0.524. The molecule has 1 aromatic carbocycles. The molecule has 0 saturated carbocycles. The van der Waals surface area contributed by atoms with E-state index in [2.05, 4.69) is 20.4 Å². The smallest absolute Gasteiger partial charge is 0.223 e. The number of ether oxygens (including phenoxy) is 1. The zero-order valence-electron chi connectivity index (χ0n) is 15.7. The predicted molar refractivity (Wildman–Crippen MR) is 104 cm³/mol. The zero-order chi connectivity index (χ0) is 18.5. The molecule has 6 heteroatoms. The molecule has 27 heavy (non-hydrogen) atoms. The van der Waals surface area contributed by atoms with Crippen molar-refractivity contribution in [3.8, 4) is 11.3 Å². The molecule has 2 N–H and O–H groups in total. The van der Waals surface area contributed by atoms with E-state index in [1.165, 1.54) is 0 Å². The van der Waals surface area contributed by atoms with Crippen LogP contribution < -0.4 is 5.32 Å². The second-order valence-corrected chi connectivity index (χ2v) is 7.51. The van der Waals surface area contributed by atoms with Crippen LogP contribution in [0.3, 0.4) is 0 Å². The molecule has 0 atom stereocenters. The number of carbonyl (C=O) groups excluding carboxylic acids is 1. The Labute approximate surface area is 160 Å². The fourth-order valence-corrected chi connectivity index (χ4v) is 4.20. The van der Waals surface area contributed by atoms with Crippen LogP contribution in [0.4, 0.5) is 0 Å². The van der Waals surface area contributed by atoms with E-state index in [0.29, 0.717) is 12.6 Å². The number of hydrogen-bond donors (Lipinski definition) is 2. The Morgan fingerprint density at radius 2 is 1.89 bits per heavy atom. The number of benzene rings is 1. The van der Waals surface area contributed by atoms with Gasteiger partial charge in [-0.15, -0.1) is 0 Å². The van der Waals surface area contributed by atoms with Crippen molar-refractivity contribution >= 4 is 5.91 Å². The normalized spacial score (nSPS) is 19.9. The standard InChI is InChI=1S/C21H28N4O2/c26-21(17-6-10-25(11-7-17)19-8-12-27-13-9-19)22-14-18-15-23-24-20(18)16-4-2-1-3-5-16/h1-5,15,17,19H,6-14H2,(H,22,26)(H,23,24). The fourth-order valence-electron chi connectivity index (χ4n) is 4.20. The molecule has 0 bridgehead atoms. The summed E-state index contributed by atoms with van der Waals surface area (Å²) in [5.74, 6) is 0.287. The lowest BCUT2D eigenvalue weighted by molar-refractivity contribution is -0.127. The van der Waals surface area contributed by atoms with Crippen LogP contribution in [0.5, 0.6) is 0 Å². The number of piperidine rings is 1. The molecule has 2 aliphatic rings. The molecular formula is C21H28N4O2. The number of nitrogens with zero attached hydrogens (tertiary/aromatic N) is 2.